The fourth-order valence-electron chi connectivity index (χ4n) is 3.06. The first-order valence-electron chi connectivity index (χ1n) is 8.45. The summed E-state index contributed by atoms with van der Waals surface area (Å²) in [6.45, 7) is 4.15. The molecule has 1 heterocycles. The van der Waals surface area contributed by atoms with Gasteiger partial charge in [-0.2, -0.15) is 8.42 Å². The molecule has 0 amide bonds. The van der Waals surface area contributed by atoms with Gasteiger partial charge in [0.25, 0.3) is 10.1 Å². The van der Waals surface area contributed by atoms with Crippen LogP contribution in [0.4, 0.5) is 0 Å². The minimum absolute atomic E-state index is 0.0393. The van der Waals surface area contributed by atoms with Crippen LogP contribution in [0.25, 0.3) is 0 Å². The molecule has 0 spiro atoms. The first-order valence-corrected chi connectivity index (χ1v) is 10.0. The van der Waals surface area contributed by atoms with E-state index >= 15 is 0 Å². The topological polar surface area (TPSA) is 55.8 Å². The second-order valence-corrected chi connectivity index (χ2v) is 8.04. The number of hydrogen-bond donors (Lipinski definition) is 0. The van der Waals surface area contributed by atoms with Crippen molar-refractivity contribution in [3.05, 3.63) is 71.8 Å². The van der Waals surface area contributed by atoms with Crippen LogP contribution in [0.3, 0.4) is 0 Å². The van der Waals surface area contributed by atoms with Gasteiger partial charge in [-0.25, -0.2) is 4.89 Å². The molecule has 5 nitrogen and oxygen atoms in total. The molecule has 134 valence electrons. The van der Waals surface area contributed by atoms with Crippen molar-refractivity contribution in [2.24, 2.45) is 0 Å². The minimum Gasteiger partial charge on any atom is -0.284 e. The molecule has 3 rings (SSSR count). The Hall–Kier alpha value is -1.73. The van der Waals surface area contributed by atoms with Crippen molar-refractivity contribution in [1.82, 2.24) is 4.90 Å². The van der Waals surface area contributed by atoms with Gasteiger partial charge in [-0.05, 0) is 25.0 Å². The monoisotopic (exact) mass is 361 g/mol. The van der Waals surface area contributed by atoms with Crippen LogP contribution in [-0.2, 0) is 19.3 Å². The summed E-state index contributed by atoms with van der Waals surface area (Å²) in [5, 5.41) is 0. The molecule has 2 atom stereocenters. The molecule has 1 aliphatic heterocycles. The van der Waals surface area contributed by atoms with Gasteiger partial charge in [-0.3, -0.25) is 4.90 Å². The second-order valence-electron chi connectivity index (χ2n) is 6.21. The maximum atomic E-state index is 11.4. The maximum Gasteiger partial charge on any atom is 0.293 e. The average Bonchev–Trinajstić information content (AvgIpc) is 2.65. The van der Waals surface area contributed by atoms with Gasteiger partial charge in [0.2, 0.25) is 0 Å². The molecule has 0 saturated carbocycles. The van der Waals surface area contributed by atoms with E-state index in [-0.39, 0.29) is 23.9 Å². The van der Waals surface area contributed by atoms with Crippen LogP contribution in [0.1, 0.15) is 31.0 Å². The summed E-state index contributed by atoms with van der Waals surface area (Å²) in [6, 6.07) is 20.7. The summed E-state index contributed by atoms with van der Waals surface area (Å²) in [5.74, 6) is -0.103. The SMILES string of the molecule is CCS(=O)(=O)OO[C@H]1CN(C(c2ccccc2)c2ccccc2)[C@@H]1C. The number of likely N-dealkylation sites (tertiary alicyclic amines) is 1. The highest BCUT2D eigenvalue weighted by atomic mass is 32.2. The van der Waals surface area contributed by atoms with Gasteiger partial charge in [0.1, 0.15) is 6.10 Å². The highest BCUT2D eigenvalue weighted by molar-refractivity contribution is 7.86. The predicted molar refractivity (Wildman–Crippen MR) is 96.3 cm³/mol. The molecule has 1 saturated heterocycles. The van der Waals surface area contributed by atoms with Gasteiger partial charge >= 0.3 is 0 Å². The quantitative estimate of drug-likeness (QED) is 0.560. The zero-order chi connectivity index (χ0) is 17.9. The molecular weight excluding hydrogens is 338 g/mol. The molecule has 6 heteroatoms. The lowest BCUT2D eigenvalue weighted by Gasteiger charge is -2.49. The van der Waals surface area contributed by atoms with Crippen LogP contribution >= 0.6 is 0 Å². The van der Waals surface area contributed by atoms with Gasteiger partial charge in [0, 0.05) is 12.6 Å². The van der Waals surface area contributed by atoms with E-state index in [0.29, 0.717) is 6.54 Å². The Morgan fingerprint density at radius 3 is 2.00 bits per heavy atom. The van der Waals surface area contributed by atoms with E-state index in [1.165, 1.54) is 18.1 Å². The van der Waals surface area contributed by atoms with Crippen LogP contribution in [0.5, 0.6) is 0 Å². The lowest BCUT2D eigenvalue weighted by atomic mass is 9.90. The van der Waals surface area contributed by atoms with Crippen LogP contribution in [0, 0.1) is 0 Å². The van der Waals surface area contributed by atoms with E-state index in [9.17, 15) is 8.42 Å². The third-order valence-electron chi connectivity index (χ3n) is 4.63. The van der Waals surface area contributed by atoms with Crippen molar-refractivity contribution in [2.75, 3.05) is 12.3 Å². The number of hydrogen-bond acceptors (Lipinski definition) is 5. The predicted octanol–water partition coefficient (Wildman–Crippen LogP) is 3.15. The molecular formula is C19H23NO4S. The highest BCUT2D eigenvalue weighted by Crippen LogP contribution is 2.36. The summed E-state index contributed by atoms with van der Waals surface area (Å²) in [5.41, 5.74) is 2.39. The first kappa shape index (κ1) is 18.1. The molecule has 1 fully saturated rings. The van der Waals surface area contributed by atoms with Crippen LogP contribution in [0.2, 0.25) is 0 Å². The summed E-state index contributed by atoms with van der Waals surface area (Å²) in [4.78, 5) is 7.46. The van der Waals surface area contributed by atoms with Crippen molar-refractivity contribution in [3.8, 4) is 0 Å². The first-order chi connectivity index (χ1) is 12.0. The molecule has 0 unspecified atom stereocenters. The van der Waals surface area contributed by atoms with E-state index in [1.54, 1.807) is 0 Å². The molecule has 0 radical (unpaired) electrons. The van der Waals surface area contributed by atoms with E-state index < -0.39 is 10.1 Å². The van der Waals surface area contributed by atoms with E-state index in [0.717, 1.165) is 0 Å². The highest BCUT2D eigenvalue weighted by Gasteiger charge is 2.43. The fourth-order valence-corrected chi connectivity index (χ4v) is 3.37. The van der Waals surface area contributed by atoms with E-state index in [4.69, 9.17) is 4.89 Å². The fraction of sp³-hybridized carbons (Fsp3) is 0.368. The third kappa shape index (κ3) is 4.10. The summed E-state index contributed by atoms with van der Waals surface area (Å²) < 4.78 is 27.5. The molecule has 0 N–H and O–H groups in total. The molecule has 1 aliphatic rings. The normalized spacial score (nSPS) is 21.2. The molecule has 2 aromatic rings. The van der Waals surface area contributed by atoms with Gasteiger partial charge in [0.15, 0.2) is 0 Å². The minimum atomic E-state index is -3.60. The number of benzene rings is 2. The average molecular weight is 361 g/mol. The van der Waals surface area contributed by atoms with Crippen molar-refractivity contribution >= 4 is 10.1 Å². The number of nitrogens with zero attached hydrogens (tertiary/aromatic N) is 1. The molecule has 0 aromatic heterocycles. The largest absolute Gasteiger partial charge is 0.293 e. The Balaban J connectivity index is 1.76. The Bertz CT molecular complexity index is 740. The third-order valence-corrected chi connectivity index (χ3v) is 5.63. The van der Waals surface area contributed by atoms with Gasteiger partial charge in [-0.1, -0.05) is 60.7 Å². The zero-order valence-corrected chi connectivity index (χ0v) is 15.2. The Labute approximate surface area is 149 Å². The second kappa shape index (κ2) is 7.66. The summed E-state index contributed by atoms with van der Waals surface area (Å²) in [7, 11) is -3.60. The van der Waals surface area contributed by atoms with Crippen LogP contribution < -0.4 is 0 Å². The van der Waals surface area contributed by atoms with E-state index in [1.807, 2.05) is 43.3 Å². The van der Waals surface area contributed by atoms with Crippen LogP contribution in [-0.4, -0.2) is 37.8 Å². The van der Waals surface area contributed by atoms with Gasteiger partial charge in [0.05, 0.1) is 11.8 Å². The lowest BCUT2D eigenvalue weighted by Crippen LogP contribution is -2.60. The Morgan fingerprint density at radius 2 is 1.56 bits per heavy atom. The van der Waals surface area contributed by atoms with Crippen molar-refractivity contribution in [2.45, 2.75) is 32.0 Å². The summed E-state index contributed by atoms with van der Waals surface area (Å²) in [6.07, 6.45) is -0.267. The lowest BCUT2D eigenvalue weighted by molar-refractivity contribution is -0.288. The van der Waals surface area contributed by atoms with Crippen molar-refractivity contribution in [1.29, 1.82) is 0 Å². The molecule has 2 aromatic carbocycles. The standard InChI is InChI=1S/C19H23NO4S/c1-3-25(21,22)24-23-18-14-20(15(18)2)19(16-10-6-4-7-11-16)17-12-8-5-9-13-17/h4-13,15,18-19H,3,14H2,1-2H3/t15-,18+/m1/s1. The van der Waals surface area contributed by atoms with Crippen LogP contribution in [0.15, 0.2) is 60.7 Å². The molecule has 0 bridgehead atoms. The number of rotatable bonds is 7. The Morgan fingerprint density at radius 1 is 1.04 bits per heavy atom. The molecule has 25 heavy (non-hydrogen) atoms. The smallest absolute Gasteiger partial charge is 0.284 e. The van der Waals surface area contributed by atoms with E-state index in [2.05, 4.69) is 33.5 Å². The van der Waals surface area contributed by atoms with Crippen molar-refractivity contribution in [3.63, 3.8) is 0 Å². The molecule has 0 aliphatic carbocycles. The maximum absolute atomic E-state index is 11.4. The van der Waals surface area contributed by atoms with Gasteiger partial charge < -0.3 is 0 Å². The Kier molecular flexibility index (Phi) is 5.54. The summed E-state index contributed by atoms with van der Waals surface area (Å²) >= 11 is 0. The van der Waals surface area contributed by atoms with Crippen molar-refractivity contribution < 1.29 is 17.6 Å². The zero-order valence-electron chi connectivity index (χ0n) is 14.4. The van der Waals surface area contributed by atoms with Gasteiger partial charge in [-0.15, -0.1) is 4.33 Å².